The predicted molar refractivity (Wildman–Crippen MR) is 95.8 cm³/mol. The number of hydrogen-bond donors (Lipinski definition) is 1. The summed E-state index contributed by atoms with van der Waals surface area (Å²) >= 11 is 3.39. The van der Waals surface area contributed by atoms with Gasteiger partial charge in [-0.05, 0) is 66.2 Å². The Bertz CT molecular complexity index is 694. The highest BCUT2D eigenvalue weighted by molar-refractivity contribution is 9.10. The lowest BCUT2D eigenvalue weighted by molar-refractivity contribution is 0.0772. The zero-order valence-electron chi connectivity index (χ0n) is 13.2. The van der Waals surface area contributed by atoms with E-state index in [0.717, 1.165) is 4.47 Å². The van der Waals surface area contributed by atoms with E-state index in [-0.39, 0.29) is 11.8 Å². The molecule has 2 aromatic carbocycles. The zero-order valence-corrected chi connectivity index (χ0v) is 14.8. The number of carbonyl (C=O) groups excluding carboxylic acids is 2. The number of halogens is 1. The Morgan fingerprint density at radius 3 is 2.09 bits per heavy atom. The Balaban J connectivity index is 2.12. The van der Waals surface area contributed by atoms with Crippen LogP contribution in [0.5, 0.6) is 0 Å². The fourth-order valence-electron chi connectivity index (χ4n) is 2.21. The van der Waals surface area contributed by atoms with Gasteiger partial charge in [0.05, 0.1) is 5.69 Å². The Morgan fingerprint density at radius 1 is 0.957 bits per heavy atom. The van der Waals surface area contributed by atoms with Gasteiger partial charge < -0.3 is 10.2 Å². The molecule has 0 radical (unpaired) electrons. The van der Waals surface area contributed by atoms with Gasteiger partial charge in [-0.2, -0.15) is 0 Å². The van der Waals surface area contributed by atoms with E-state index in [1.54, 1.807) is 29.2 Å². The van der Waals surface area contributed by atoms with Crippen molar-refractivity contribution in [2.75, 3.05) is 18.4 Å². The van der Waals surface area contributed by atoms with Gasteiger partial charge in [0.25, 0.3) is 11.8 Å². The van der Waals surface area contributed by atoms with Crippen LogP contribution in [-0.4, -0.2) is 29.8 Å². The predicted octanol–water partition coefficient (Wildman–Crippen LogP) is 4.18. The minimum atomic E-state index is -0.210. The summed E-state index contributed by atoms with van der Waals surface area (Å²) < 4.78 is 0.821. The van der Waals surface area contributed by atoms with Crippen LogP contribution < -0.4 is 5.32 Å². The summed E-state index contributed by atoms with van der Waals surface area (Å²) in [6.07, 6.45) is 0. The molecule has 5 heteroatoms. The Morgan fingerprint density at radius 2 is 1.52 bits per heavy atom. The maximum Gasteiger partial charge on any atom is 0.255 e. The summed E-state index contributed by atoms with van der Waals surface area (Å²) in [5.41, 5.74) is 1.81. The quantitative estimate of drug-likeness (QED) is 0.852. The first-order chi connectivity index (χ1) is 11.1. The maximum atomic E-state index is 12.3. The van der Waals surface area contributed by atoms with Gasteiger partial charge in [0.1, 0.15) is 0 Å². The van der Waals surface area contributed by atoms with E-state index >= 15 is 0 Å². The first-order valence-electron chi connectivity index (χ1n) is 7.52. The molecule has 2 aromatic rings. The van der Waals surface area contributed by atoms with Crippen LogP contribution in [0, 0.1) is 0 Å². The van der Waals surface area contributed by atoms with Crippen molar-refractivity contribution >= 4 is 33.4 Å². The summed E-state index contributed by atoms with van der Waals surface area (Å²) in [6.45, 7) is 5.22. The minimum absolute atomic E-state index is 0.0206. The van der Waals surface area contributed by atoms with Gasteiger partial charge in [-0.15, -0.1) is 0 Å². The molecule has 0 heterocycles. The zero-order chi connectivity index (χ0) is 16.8. The molecule has 2 amide bonds. The number of hydrogen-bond acceptors (Lipinski definition) is 2. The van der Waals surface area contributed by atoms with Crippen LogP contribution in [0.25, 0.3) is 0 Å². The third-order valence-electron chi connectivity index (χ3n) is 3.57. The Kier molecular flexibility index (Phi) is 5.93. The van der Waals surface area contributed by atoms with Crippen LogP contribution >= 0.6 is 15.9 Å². The van der Waals surface area contributed by atoms with E-state index in [2.05, 4.69) is 21.2 Å². The van der Waals surface area contributed by atoms with Gasteiger partial charge in [0.2, 0.25) is 0 Å². The first-order valence-corrected chi connectivity index (χ1v) is 8.31. The van der Waals surface area contributed by atoms with Crippen molar-refractivity contribution in [1.29, 1.82) is 0 Å². The molecule has 0 aliphatic rings. The van der Waals surface area contributed by atoms with E-state index in [9.17, 15) is 9.59 Å². The third-order valence-corrected chi connectivity index (χ3v) is 4.26. The molecular formula is C18H19BrN2O2. The molecule has 0 atom stereocenters. The summed E-state index contributed by atoms with van der Waals surface area (Å²) in [7, 11) is 0. The Labute approximate surface area is 144 Å². The third kappa shape index (κ3) is 4.20. The topological polar surface area (TPSA) is 49.4 Å². The van der Waals surface area contributed by atoms with Gasteiger partial charge in [-0.25, -0.2) is 0 Å². The van der Waals surface area contributed by atoms with Crippen molar-refractivity contribution in [3.8, 4) is 0 Å². The SMILES string of the molecule is CCN(CC)C(=O)c1ccc(C(=O)Nc2ccccc2Br)cc1. The molecule has 1 N–H and O–H groups in total. The highest BCUT2D eigenvalue weighted by atomic mass is 79.9. The highest BCUT2D eigenvalue weighted by Gasteiger charge is 2.13. The lowest BCUT2D eigenvalue weighted by Crippen LogP contribution is -2.30. The van der Waals surface area contributed by atoms with Crippen LogP contribution in [0.1, 0.15) is 34.6 Å². The normalized spacial score (nSPS) is 10.2. The average molecular weight is 375 g/mol. The van der Waals surface area contributed by atoms with Crippen molar-refractivity contribution < 1.29 is 9.59 Å². The second-order valence-electron chi connectivity index (χ2n) is 4.99. The second kappa shape index (κ2) is 7.92. The standard InChI is InChI=1S/C18H19BrN2O2/c1-3-21(4-2)18(23)14-11-9-13(10-12-14)17(22)20-16-8-6-5-7-15(16)19/h5-12H,3-4H2,1-2H3,(H,20,22). The fourth-order valence-corrected chi connectivity index (χ4v) is 2.60. The molecule has 0 fully saturated rings. The van der Waals surface area contributed by atoms with Gasteiger partial charge in [0, 0.05) is 28.7 Å². The highest BCUT2D eigenvalue weighted by Crippen LogP contribution is 2.22. The molecule has 0 bridgehead atoms. The van der Waals surface area contributed by atoms with E-state index in [4.69, 9.17) is 0 Å². The lowest BCUT2D eigenvalue weighted by atomic mass is 10.1. The molecule has 0 aliphatic heterocycles. The summed E-state index contributed by atoms with van der Waals surface area (Å²) in [4.78, 5) is 26.3. The van der Waals surface area contributed by atoms with Crippen LogP contribution in [0.2, 0.25) is 0 Å². The molecule has 23 heavy (non-hydrogen) atoms. The maximum absolute atomic E-state index is 12.3. The number of nitrogens with zero attached hydrogens (tertiary/aromatic N) is 1. The number of para-hydroxylation sites is 1. The molecule has 0 spiro atoms. The second-order valence-corrected chi connectivity index (χ2v) is 5.84. The molecule has 0 unspecified atom stereocenters. The van der Waals surface area contributed by atoms with Gasteiger partial charge >= 0.3 is 0 Å². The molecule has 0 aliphatic carbocycles. The largest absolute Gasteiger partial charge is 0.339 e. The van der Waals surface area contributed by atoms with Crippen LogP contribution in [0.15, 0.2) is 53.0 Å². The minimum Gasteiger partial charge on any atom is -0.339 e. The molecule has 0 saturated heterocycles. The lowest BCUT2D eigenvalue weighted by Gasteiger charge is -2.18. The smallest absolute Gasteiger partial charge is 0.255 e. The molecule has 120 valence electrons. The number of rotatable bonds is 5. The van der Waals surface area contributed by atoms with Crippen molar-refractivity contribution in [2.24, 2.45) is 0 Å². The summed E-state index contributed by atoms with van der Waals surface area (Å²) in [6, 6.07) is 14.1. The number of benzene rings is 2. The van der Waals surface area contributed by atoms with E-state index < -0.39 is 0 Å². The number of carbonyl (C=O) groups is 2. The summed E-state index contributed by atoms with van der Waals surface area (Å²) in [5.74, 6) is -0.230. The van der Waals surface area contributed by atoms with Crippen molar-refractivity contribution in [1.82, 2.24) is 4.90 Å². The van der Waals surface area contributed by atoms with Crippen LogP contribution in [0.4, 0.5) is 5.69 Å². The monoisotopic (exact) mass is 374 g/mol. The van der Waals surface area contributed by atoms with Crippen LogP contribution in [-0.2, 0) is 0 Å². The number of nitrogens with one attached hydrogen (secondary N) is 1. The molecule has 2 rings (SSSR count). The average Bonchev–Trinajstić information content (AvgIpc) is 2.58. The van der Waals surface area contributed by atoms with Gasteiger partial charge in [0.15, 0.2) is 0 Å². The Hall–Kier alpha value is -2.14. The van der Waals surface area contributed by atoms with Gasteiger partial charge in [-0.1, -0.05) is 12.1 Å². The van der Waals surface area contributed by atoms with E-state index in [1.807, 2.05) is 38.1 Å². The number of amides is 2. The number of anilines is 1. The fraction of sp³-hybridized carbons (Fsp3) is 0.222. The first kappa shape index (κ1) is 17.2. The van der Waals surface area contributed by atoms with E-state index in [1.165, 1.54) is 0 Å². The van der Waals surface area contributed by atoms with Crippen LogP contribution in [0.3, 0.4) is 0 Å². The van der Waals surface area contributed by atoms with E-state index in [0.29, 0.717) is 29.9 Å². The summed E-state index contributed by atoms with van der Waals surface area (Å²) in [5, 5.41) is 2.84. The molecular weight excluding hydrogens is 356 g/mol. The molecule has 4 nitrogen and oxygen atoms in total. The van der Waals surface area contributed by atoms with Crippen molar-refractivity contribution in [3.05, 3.63) is 64.1 Å². The molecule has 0 aromatic heterocycles. The van der Waals surface area contributed by atoms with Crippen molar-refractivity contribution in [2.45, 2.75) is 13.8 Å². The van der Waals surface area contributed by atoms with Gasteiger partial charge in [-0.3, -0.25) is 9.59 Å². The van der Waals surface area contributed by atoms with Crippen molar-refractivity contribution in [3.63, 3.8) is 0 Å². The molecule has 0 saturated carbocycles.